The lowest BCUT2D eigenvalue weighted by Gasteiger charge is -2.17. The van der Waals surface area contributed by atoms with Crippen LogP contribution in [-0.2, 0) is 6.54 Å². The highest BCUT2D eigenvalue weighted by Crippen LogP contribution is 2.19. The lowest BCUT2D eigenvalue weighted by molar-refractivity contribution is 0.0775. The van der Waals surface area contributed by atoms with Crippen LogP contribution in [-0.4, -0.2) is 32.9 Å². The van der Waals surface area contributed by atoms with Crippen molar-refractivity contribution in [2.45, 2.75) is 13.5 Å². The number of nitrogens with one attached hydrogen (secondary N) is 1. The summed E-state index contributed by atoms with van der Waals surface area (Å²) in [6, 6.07) is 12.9. The first-order valence-corrected chi connectivity index (χ1v) is 8.25. The molecule has 0 unspecified atom stereocenters. The minimum atomic E-state index is -0.792. The highest BCUT2D eigenvalue weighted by Gasteiger charge is 2.22. The molecule has 0 aliphatic heterocycles. The van der Waals surface area contributed by atoms with Crippen LogP contribution in [0.2, 0.25) is 0 Å². The third kappa shape index (κ3) is 4.03. The van der Waals surface area contributed by atoms with Crippen molar-refractivity contribution in [3.05, 3.63) is 81.5 Å². The molecule has 7 heteroatoms. The molecule has 0 atom stereocenters. The third-order valence-electron chi connectivity index (χ3n) is 4.10. The van der Waals surface area contributed by atoms with Crippen molar-refractivity contribution >= 4 is 5.91 Å². The number of hydrogen-bond acceptors (Lipinski definition) is 4. The molecule has 3 rings (SSSR count). The van der Waals surface area contributed by atoms with E-state index in [2.05, 4.69) is 9.97 Å². The first-order valence-electron chi connectivity index (χ1n) is 8.25. The van der Waals surface area contributed by atoms with Crippen molar-refractivity contribution in [3.8, 4) is 17.1 Å². The van der Waals surface area contributed by atoms with Gasteiger partial charge in [0.05, 0.1) is 0 Å². The molecule has 1 amide bonds. The van der Waals surface area contributed by atoms with E-state index in [0.29, 0.717) is 11.1 Å². The number of benzene rings is 2. The Bertz CT molecular complexity index is 1030. The number of nitrogens with zero attached hydrogens (tertiary/aromatic N) is 2. The maximum Gasteiger partial charge on any atom is 0.294 e. The number of carbonyl (C=O) groups excluding carboxylic acids is 1. The van der Waals surface area contributed by atoms with Crippen LogP contribution >= 0.6 is 0 Å². The Balaban J connectivity index is 1.92. The van der Waals surface area contributed by atoms with E-state index in [1.807, 2.05) is 19.1 Å². The monoisotopic (exact) mass is 367 g/mol. The van der Waals surface area contributed by atoms with Crippen LogP contribution in [0.4, 0.5) is 4.39 Å². The first-order chi connectivity index (χ1) is 12.8. The Morgan fingerprint density at radius 3 is 2.41 bits per heavy atom. The number of hydrogen-bond donors (Lipinski definition) is 2. The molecule has 2 aromatic carbocycles. The molecular formula is C20H18FN3O3. The Morgan fingerprint density at radius 1 is 1.15 bits per heavy atom. The zero-order chi connectivity index (χ0) is 19.6. The number of aromatic amines is 1. The van der Waals surface area contributed by atoms with Crippen LogP contribution in [0.15, 0.2) is 53.3 Å². The molecular weight excluding hydrogens is 349 g/mol. The van der Waals surface area contributed by atoms with Gasteiger partial charge >= 0.3 is 0 Å². The summed E-state index contributed by atoms with van der Waals surface area (Å²) in [5.74, 6) is -1.53. The number of aryl methyl sites for hydroxylation is 1. The lowest BCUT2D eigenvalue weighted by Crippen LogP contribution is -2.29. The molecule has 2 N–H and O–H groups in total. The molecule has 0 fully saturated rings. The summed E-state index contributed by atoms with van der Waals surface area (Å²) in [7, 11) is 1.51. The zero-order valence-corrected chi connectivity index (χ0v) is 14.9. The van der Waals surface area contributed by atoms with Crippen LogP contribution in [0.3, 0.4) is 0 Å². The second-order valence-electron chi connectivity index (χ2n) is 6.27. The van der Waals surface area contributed by atoms with Gasteiger partial charge in [-0.15, -0.1) is 0 Å². The molecule has 0 saturated carbocycles. The van der Waals surface area contributed by atoms with Crippen LogP contribution < -0.4 is 5.56 Å². The predicted octanol–water partition coefficient (Wildman–Crippen LogP) is 2.86. The van der Waals surface area contributed by atoms with Crippen molar-refractivity contribution in [3.63, 3.8) is 0 Å². The minimum Gasteiger partial charge on any atom is -0.501 e. The average molecular weight is 367 g/mol. The molecule has 0 spiro atoms. The van der Waals surface area contributed by atoms with Gasteiger partial charge in [-0.3, -0.25) is 9.59 Å². The van der Waals surface area contributed by atoms with Gasteiger partial charge < -0.3 is 15.0 Å². The number of H-pyrrole nitrogens is 1. The molecule has 3 aromatic rings. The largest absolute Gasteiger partial charge is 0.501 e. The van der Waals surface area contributed by atoms with Crippen molar-refractivity contribution in [1.82, 2.24) is 14.9 Å². The van der Waals surface area contributed by atoms with Crippen molar-refractivity contribution in [2.75, 3.05) is 7.05 Å². The molecule has 0 radical (unpaired) electrons. The van der Waals surface area contributed by atoms with Crippen molar-refractivity contribution in [2.24, 2.45) is 0 Å². The van der Waals surface area contributed by atoms with E-state index in [-0.39, 0.29) is 23.9 Å². The summed E-state index contributed by atoms with van der Waals surface area (Å²) in [6.45, 7) is 2.10. The first kappa shape index (κ1) is 18.3. The van der Waals surface area contributed by atoms with Gasteiger partial charge in [0.25, 0.3) is 11.5 Å². The Morgan fingerprint density at radius 2 is 1.78 bits per heavy atom. The van der Waals surface area contributed by atoms with E-state index >= 15 is 0 Å². The van der Waals surface area contributed by atoms with Crippen molar-refractivity contribution < 1.29 is 14.3 Å². The van der Waals surface area contributed by atoms with Crippen LogP contribution in [0.1, 0.15) is 21.6 Å². The van der Waals surface area contributed by atoms with Gasteiger partial charge in [-0.25, -0.2) is 9.37 Å². The van der Waals surface area contributed by atoms with Crippen LogP contribution in [0.25, 0.3) is 11.4 Å². The Labute approximate surface area is 154 Å². The summed E-state index contributed by atoms with van der Waals surface area (Å²) in [4.78, 5) is 32.7. The molecule has 6 nitrogen and oxygen atoms in total. The van der Waals surface area contributed by atoms with Gasteiger partial charge in [0.15, 0.2) is 5.69 Å². The van der Waals surface area contributed by atoms with E-state index in [4.69, 9.17) is 0 Å². The van der Waals surface area contributed by atoms with E-state index in [1.54, 1.807) is 24.3 Å². The molecule has 138 valence electrons. The van der Waals surface area contributed by atoms with E-state index < -0.39 is 17.2 Å². The van der Waals surface area contributed by atoms with Gasteiger partial charge in [0, 0.05) is 19.2 Å². The second kappa shape index (κ2) is 7.41. The van der Waals surface area contributed by atoms with Gasteiger partial charge in [-0.2, -0.15) is 0 Å². The number of carbonyl (C=O) groups is 1. The van der Waals surface area contributed by atoms with Crippen molar-refractivity contribution in [1.29, 1.82) is 0 Å². The van der Waals surface area contributed by atoms with E-state index in [9.17, 15) is 19.1 Å². The smallest absolute Gasteiger partial charge is 0.294 e. The second-order valence-corrected chi connectivity index (χ2v) is 6.27. The number of rotatable bonds is 4. The fraction of sp³-hybridized carbons (Fsp3) is 0.150. The zero-order valence-electron chi connectivity index (χ0n) is 14.9. The van der Waals surface area contributed by atoms with Gasteiger partial charge in [-0.1, -0.05) is 42.0 Å². The molecule has 1 aromatic heterocycles. The lowest BCUT2D eigenvalue weighted by atomic mass is 10.1. The molecule has 0 aliphatic rings. The van der Waals surface area contributed by atoms with Gasteiger partial charge in [0.1, 0.15) is 11.6 Å². The highest BCUT2D eigenvalue weighted by atomic mass is 19.1. The molecule has 0 aliphatic carbocycles. The van der Waals surface area contributed by atoms with Crippen LogP contribution in [0.5, 0.6) is 5.75 Å². The number of aromatic hydroxyl groups is 1. The Hall–Kier alpha value is -3.48. The molecule has 0 saturated heterocycles. The number of halogens is 1. The van der Waals surface area contributed by atoms with E-state index in [0.717, 1.165) is 5.56 Å². The summed E-state index contributed by atoms with van der Waals surface area (Å²) < 4.78 is 13.0. The quantitative estimate of drug-likeness (QED) is 0.742. The fourth-order valence-electron chi connectivity index (χ4n) is 2.58. The minimum absolute atomic E-state index is 0.174. The standard InChI is InChI=1S/C20H18FN3O3/c1-12-3-7-14(8-4-12)18-22-16(17(25)19(26)23-18)20(27)24(2)11-13-5-9-15(21)10-6-13/h3-10,25H,11H2,1-2H3,(H,22,23,26). The van der Waals surface area contributed by atoms with Crippen LogP contribution in [0, 0.1) is 12.7 Å². The molecule has 1 heterocycles. The summed E-state index contributed by atoms with van der Waals surface area (Å²) >= 11 is 0. The average Bonchev–Trinajstić information content (AvgIpc) is 2.65. The molecule has 27 heavy (non-hydrogen) atoms. The van der Waals surface area contributed by atoms with E-state index in [1.165, 1.54) is 24.1 Å². The normalized spacial score (nSPS) is 10.6. The number of aromatic nitrogens is 2. The summed E-state index contributed by atoms with van der Waals surface area (Å²) in [5, 5.41) is 10.0. The maximum absolute atomic E-state index is 13.0. The van der Waals surface area contributed by atoms with Gasteiger partial charge in [-0.05, 0) is 24.6 Å². The SMILES string of the molecule is Cc1ccc(-c2nc(C(=O)N(C)Cc3ccc(F)cc3)c(O)c(=O)[nH]2)cc1. The topological polar surface area (TPSA) is 86.3 Å². The maximum atomic E-state index is 13.0. The fourth-order valence-corrected chi connectivity index (χ4v) is 2.58. The Kier molecular flexibility index (Phi) is 5.03. The third-order valence-corrected chi connectivity index (χ3v) is 4.10. The summed E-state index contributed by atoms with van der Waals surface area (Å²) in [6.07, 6.45) is 0. The summed E-state index contributed by atoms with van der Waals surface area (Å²) in [5.41, 5.74) is 1.23. The number of amides is 1. The predicted molar refractivity (Wildman–Crippen MR) is 98.9 cm³/mol. The van der Waals surface area contributed by atoms with Gasteiger partial charge in [0.2, 0.25) is 5.75 Å². The highest BCUT2D eigenvalue weighted by molar-refractivity contribution is 5.95. The molecule has 0 bridgehead atoms.